The van der Waals surface area contributed by atoms with Gasteiger partial charge in [0.25, 0.3) is 5.91 Å². The Labute approximate surface area is 163 Å². The fourth-order valence-electron chi connectivity index (χ4n) is 3.19. The van der Waals surface area contributed by atoms with E-state index in [2.05, 4.69) is 5.92 Å². The van der Waals surface area contributed by atoms with Gasteiger partial charge in [0.15, 0.2) is 11.5 Å². The summed E-state index contributed by atoms with van der Waals surface area (Å²) in [6.45, 7) is 5.14. The molecule has 1 aliphatic rings. The van der Waals surface area contributed by atoms with E-state index in [4.69, 9.17) is 6.42 Å². The van der Waals surface area contributed by atoms with E-state index in [9.17, 15) is 19.1 Å². The van der Waals surface area contributed by atoms with Gasteiger partial charge < -0.3 is 5.11 Å². The quantitative estimate of drug-likeness (QED) is 0.811. The van der Waals surface area contributed by atoms with Gasteiger partial charge in [-0.15, -0.1) is 6.42 Å². The van der Waals surface area contributed by atoms with Gasteiger partial charge in [0, 0.05) is 16.7 Å². The Hall–Kier alpha value is -3.39. The van der Waals surface area contributed by atoms with E-state index < -0.39 is 28.9 Å². The first-order valence-electron chi connectivity index (χ1n) is 8.79. The number of nitrogens with zero attached hydrogens (tertiary/aromatic N) is 1. The SMILES string of the molecule is C#Cc1ccc(N2C(=O)C(O)=C(C(=O)C(C)(C)C)C2c2ccc(F)cc2)cc1. The molecule has 4 nitrogen and oxygen atoms in total. The van der Waals surface area contributed by atoms with E-state index in [0.717, 1.165) is 0 Å². The molecule has 1 N–H and O–H groups in total. The summed E-state index contributed by atoms with van der Waals surface area (Å²) in [6.07, 6.45) is 5.39. The first-order chi connectivity index (χ1) is 13.1. The summed E-state index contributed by atoms with van der Waals surface area (Å²) in [5.41, 5.74) is 0.821. The maximum atomic E-state index is 13.4. The van der Waals surface area contributed by atoms with Gasteiger partial charge in [-0.2, -0.15) is 0 Å². The number of hydrogen-bond acceptors (Lipinski definition) is 3. The van der Waals surface area contributed by atoms with Crippen LogP contribution in [0.4, 0.5) is 10.1 Å². The zero-order valence-electron chi connectivity index (χ0n) is 15.9. The zero-order valence-corrected chi connectivity index (χ0v) is 15.9. The number of terminal acetylenes is 1. The molecule has 142 valence electrons. The summed E-state index contributed by atoms with van der Waals surface area (Å²) in [7, 11) is 0. The Kier molecular flexibility index (Phi) is 4.82. The van der Waals surface area contributed by atoms with Gasteiger partial charge in [0.1, 0.15) is 5.82 Å². The topological polar surface area (TPSA) is 57.6 Å². The molecule has 1 amide bonds. The summed E-state index contributed by atoms with van der Waals surface area (Å²) in [5.74, 6) is 0.442. The van der Waals surface area contributed by atoms with Crippen LogP contribution in [0.1, 0.15) is 37.9 Å². The molecule has 2 aromatic rings. The van der Waals surface area contributed by atoms with Crippen LogP contribution in [0.5, 0.6) is 0 Å². The van der Waals surface area contributed by atoms with Gasteiger partial charge in [-0.05, 0) is 42.0 Å². The van der Waals surface area contributed by atoms with Crippen LogP contribution in [0, 0.1) is 23.6 Å². The van der Waals surface area contributed by atoms with Crippen LogP contribution >= 0.6 is 0 Å². The van der Waals surface area contributed by atoms with E-state index >= 15 is 0 Å². The van der Waals surface area contributed by atoms with Gasteiger partial charge in [0.2, 0.25) is 0 Å². The number of aliphatic hydroxyl groups excluding tert-OH is 1. The molecule has 1 heterocycles. The van der Waals surface area contributed by atoms with Crippen molar-refractivity contribution in [2.24, 2.45) is 5.41 Å². The molecule has 0 bridgehead atoms. The van der Waals surface area contributed by atoms with Crippen molar-refractivity contribution in [2.45, 2.75) is 26.8 Å². The molecule has 0 spiro atoms. The number of aliphatic hydroxyl groups is 1. The summed E-state index contributed by atoms with van der Waals surface area (Å²) in [6, 6.07) is 11.3. The normalized spacial score (nSPS) is 17.0. The Morgan fingerprint density at radius 3 is 2.18 bits per heavy atom. The highest BCUT2D eigenvalue weighted by Gasteiger charge is 2.46. The molecule has 0 saturated heterocycles. The van der Waals surface area contributed by atoms with E-state index in [1.165, 1.54) is 29.2 Å². The number of ketones is 1. The van der Waals surface area contributed by atoms with Crippen LogP contribution in [-0.2, 0) is 9.59 Å². The molecule has 0 aromatic heterocycles. The molecule has 2 aromatic carbocycles. The minimum absolute atomic E-state index is 0.00475. The predicted octanol–water partition coefficient (Wildman–Crippen LogP) is 4.32. The van der Waals surface area contributed by atoms with Gasteiger partial charge in [-0.3, -0.25) is 14.5 Å². The minimum atomic E-state index is -0.864. The molecule has 5 heteroatoms. The van der Waals surface area contributed by atoms with Crippen molar-refractivity contribution in [1.82, 2.24) is 0 Å². The lowest BCUT2D eigenvalue weighted by Crippen LogP contribution is -2.32. The first-order valence-corrected chi connectivity index (χ1v) is 8.79. The van der Waals surface area contributed by atoms with Gasteiger partial charge >= 0.3 is 0 Å². The monoisotopic (exact) mass is 377 g/mol. The molecule has 0 aliphatic carbocycles. The highest BCUT2D eigenvalue weighted by atomic mass is 19.1. The predicted molar refractivity (Wildman–Crippen MR) is 105 cm³/mol. The number of benzene rings is 2. The number of carbonyl (C=O) groups is 2. The van der Waals surface area contributed by atoms with Crippen LogP contribution < -0.4 is 4.90 Å². The number of anilines is 1. The second kappa shape index (κ2) is 6.97. The summed E-state index contributed by atoms with van der Waals surface area (Å²) >= 11 is 0. The molecular formula is C23H20FNO3. The van der Waals surface area contributed by atoms with Crippen molar-refractivity contribution < 1.29 is 19.1 Å². The van der Waals surface area contributed by atoms with Gasteiger partial charge in [-0.1, -0.05) is 38.8 Å². The molecule has 0 saturated carbocycles. The molecule has 1 unspecified atom stereocenters. The van der Waals surface area contributed by atoms with Crippen molar-refractivity contribution >= 4 is 17.4 Å². The number of hydrogen-bond donors (Lipinski definition) is 1. The standard InChI is InChI=1S/C23H20FNO3/c1-5-14-6-12-17(13-7-14)25-19(15-8-10-16(24)11-9-15)18(20(26)22(25)28)21(27)23(2,3)4/h1,6-13,19,26H,2-4H3. The van der Waals surface area contributed by atoms with Crippen molar-refractivity contribution in [3.8, 4) is 12.3 Å². The van der Waals surface area contributed by atoms with Crippen LogP contribution in [-0.4, -0.2) is 16.8 Å². The molecule has 28 heavy (non-hydrogen) atoms. The highest BCUT2D eigenvalue weighted by Crippen LogP contribution is 2.43. The first kappa shape index (κ1) is 19.4. The van der Waals surface area contributed by atoms with Gasteiger partial charge in [0.05, 0.1) is 11.6 Å². The number of rotatable bonds is 3. The second-order valence-corrected chi connectivity index (χ2v) is 7.66. The third-order valence-corrected chi connectivity index (χ3v) is 4.63. The van der Waals surface area contributed by atoms with Crippen LogP contribution in [0.2, 0.25) is 0 Å². The van der Waals surface area contributed by atoms with Crippen molar-refractivity contribution in [3.05, 3.63) is 76.8 Å². The third kappa shape index (κ3) is 3.29. The van der Waals surface area contributed by atoms with Crippen molar-refractivity contribution in [1.29, 1.82) is 0 Å². The van der Waals surface area contributed by atoms with Gasteiger partial charge in [-0.25, -0.2) is 4.39 Å². The number of halogens is 1. The Bertz CT molecular complexity index is 1010. The fourth-order valence-corrected chi connectivity index (χ4v) is 3.19. The lowest BCUT2D eigenvalue weighted by atomic mass is 9.82. The maximum Gasteiger partial charge on any atom is 0.294 e. The second-order valence-electron chi connectivity index (χ2n) is 7.66. The highest BCUT2D eigenvalue weighted by molar-refractivity contribution is 6.17. The Balaban J connectivity index is 2.19. The smallest absolute Gasteiger partial charge is 0.294 e. The molecule has 0 fully saturated rings. The average Bonchev–Trinajstić information content (AvgIpc) is 2.92. The Morgan fingerprint density at radius 1 is 1.11 bits per heavy atom. The third-order valence-electron chi connectivity index (χ3n) is 4.63. The molecular weight excluding hydrogens is 357 g/mol. The molecule has 1 aliphatic heterocycles. The molecule has 0 radical (unpaired) electrons. The largest absolute Gasteiger partial charge is 0.503 e. The summed E-state index contributed by atoms with van der Waals surface area (Å²) in [5, 5.41) is 10.6. The van der Waals surface area contributed by atoms with Crippen LogP contribution in [0.25, 0.3) is 0 Å². The van der Waals surface area contributed by atoms with Crippen LogP contribution in [0.3, 0.4) is 0 Å². The van der Waals surface area contributed by atoms with Crippen molar-refractivity contribution in [3.63, 3.8) is 0 Å². The fraction of sp³-hybridized carbons (Fsp3) is 0.217. The van der Waals surface area contributed by atoms with Crippen molar-refractivity contribution in [2.75, 3.05) is 4.90 Å². The zero-order chi connectivity index (χ0) is 20.6. The number of Topliss-reactive ketones (excluding diaryl/α,β-unsaturated/α-hetero) is 1. The Morgan fingerprint density at radius 2 is 1.68 bits per heavy atom. The summed E-state index contributed by atoms with van der Waals surface area (Å²) in [4.78, 5) is 27.3. The minimum Gasteiger partial charge on any atom is -0.503 e. The maximum absolute atomic E-state index is 13.4. The average molecular weight is 377 g/mol. The van der Waals surface area contributed by atoms with E-state index in [0.29, 0.717) is 16.8 Å². The number of carbonyl (C=O) groups excluding carboxylic acids is 2. The van der Waals surface area contributed by atoms with E-state index in [1.807, 2.05) is 0 Å². The summed E-state index contributed by atoms with van der Waals surface area (Å²) < 4.78 is 13.4. The molecule has 3 rings (SSSR count). The molecule has 1 atom stereocenters. The van der Waals surface area contributed by atoms with E-state index in [-0.39, 0.29) is 11.4 Å². The van der Waals surface area contributed by atoms with E-state index in [1.54, 1.807) is 45.0 Å². The van der Waals surface area contributed by atoms with Crippen LogP contribution in [0.15, 0.2) is 59.9 Å². The number of amides is 1. The lowest BCUT2D eigenvalue weighted by Gasteiger charge is -2.29. The lowest BCUT2D eigenvalue weighted by molar-refractivity contribution is -0.123.